The third-order valence-corrected chi connectivity index (χ3v) is 3.74. The van der Waals surface area contributed by atoms with E-state index in [0.29, 0.717) is 0 Å². The number of morpholine rings is 1. The highest BCUT2D eigenvalue weighted by Crippen LogP contribution is 2.26. The smallest absolute Gasteiger partial charge is 0.0726 e. The monoisotopic (exact) mass is 282 g/mol. The first-order chi connectivity index (χ1) is 9.10. The Kier molecular flexibility index (Phi) is 5.08. The number of nitrogens with one attached hydrogen (secondary N) is 1. The normalized spacial score (nSPS) is 23.7. The number of ether oxygens (including phenoxy) is 1. The van der Waals surface area contributed by atoms with Crippen molar-refractivity contribution in [2.45, 2.75) is 39.5 Å². The van der Waals surface area contributed by atoms with Crippen molar-refractivity contribution in [3.05, 3.63) is 28.8 Å². The van der Waals surface area contributed by atoms with Crippen LogP contribution in [0.2, 0.25) is 5.02 Å². The summed E-state index contributed by atoms with van der Waals surface area (Å²) in [6.45, 7) is 9.95. The molecule has 1 N–H and O–H groups in total. The number of hydrogen-bond donors (Lipinski definition) is 1. The van der Waals surface area contributed by atoms with E-state index in [1.165, 1.54) is 5.69 Å². The summed E-state index contributed by atoms with van der Waals surface area (Å²) in [7, 11) is 0. The van der Waals surface area contributed by atoms with Gasteiger partial charge in [0, 0.05) is 30.3 Å². The molecule has 1 aliphatic rings. The quantitative estimate of drug-likeness (QED) is 0.919. The molecule has 106 valence electrons. The topological polar surface area (TPSA) is 24.5 Å². The van der Waals surface area contributed by atoms with Gasteiger partial charge in [0.2, 0.25) is 0 Å². The number of nitrogens with zero attached hydrogens (tertiary/aromatic N) is 1. The van der Waals surface area contributed by atoms with Crippen LogP contribution in [0.1, 0.15) is 26.3 Å². The number of benzene rings is 1. The molecule has 0 saturated carbocycles. The Morgan fingerprint density at radius 3 is 2.58 bits per heavy atom. The van der Waals surface area contributed by atoms with Crippen molar-refractivity contribution in [2.75, 3.05) is 24.5 Å². The molecule has 0 unspecified atom stereocenters. The van der Waals surface area contributed by atoms with Gasteiger partial charge in [-0.2, -0.15) is 0 Å². The molecule has 2 atom stereocenters. The first kappa shape index (κ1) is 14.6. The third-order valence-electron chi connectivity index (χ3n) is 3.39. The lowest BCUT2D eigenvalue weighted by Gasteiger charge is -2.37. The zero-order valence-corrected chi connectivity index (χ0v) is 12.7. The highest BCUT2D eigenvalue weighted by molar-refractivity contribution is 6.31. The molecule has 0 aromatic heterocycles. The maximum absolute atomic E-state index is 6.36. The minimum Gasteiger partial charge on any atom is -0.372 e. The Morgan fingerprint density at radius 2 is 2.00 bits per heavy atom. The SMILES string of the molecule is CCNCc1ccc(N2C[C@@H](C)O[C@@H](C)C2)cc1Cl. The molecule has 1 aliphatic heterocycles. The molecular weight excluding hydrogens is 260 g/mol. The molecule has 1 fully saturated rings. The molecule has 3 nitrogen and oxygen atoms in total. The Bertz CT molecular complexity index is 415. The second-order valence-corrected chi connectivity index (χ2v) is 5.63. The third kappa shape index (κ3) is 3.85. The number of rotatable bonds is 4. The zero-order valence-electron chi connectivity index (χ0n) is 11.9. The Morgan fingerprint density at radius 1 is 1.32 bits per heavy atom. The van der Waals surface area contributed by atoms with Crippen molar-refractivity contribution >= 4 is 17.3 Å². The van der Waals surface area contributed by atoms with Gasteiger partial charge < -0.3 is 15.0 Å². The van der Waals surface area contributed by atoms with Crippen LogP contribution in [-0.4, -0.2) is 31.8 Å². The first-order valence-corrected chi connectivity index (χ1v) is 7.37. The first-order valence-electron chi connectivity index (χ1n) is 6.99. The average Bonchev–Trinajstić information content (AvgIpc) is 2.36. The van der Waals surface area contributed by atoms with Crippen LogP contribution in [0.15, 0.2) is 18.2 Å². The van der Waals surface area contributed by atoms with Crippen molar-refractivity contribution in [2.24, 2.45) is 0 Å². The summed E-state index contributed by atoms with van der Waals surface area (Å²) in [5, 5.41) is 4.14. The summed E-state index contributed by atoms with van der Waals surface area (Å²) in [4.78, 5) is 2.35. The van der Waals surface area contributed by atoms with Crippen LogP contribution in [0, 0.1) is 0 Å². The highest BCUT2D eigenvalue weighted by atomic mass is 35.5. The molecule has 0 bridgehead atoms. The summed E-state index contributed by atoms with van der Waals surface area (Å²) in [5.41, 5.74) is 2.34. The van der Waals surface area contributed by atoms with Gasteiger partial charge in [0.1, 0.15) is 0 Å². The van der Waals surface area contributed by atoms with Crippen molar-refractivity contribution < 1.29 is 4.74 Å². The Labute approximate surface area is 120 Å². The van der Waals surface area contributed by atoms with E-state index in [9.17, 15) is 0 Å². The van der Waals surface area contributed by atoms with Crippen LogP contribution in [0.25, 0.3) is 0 Å². The fraction of sp³-hybridized carbons (Fsp3) is 0.600. The Balaban J connectivity index is 2.10. The van der Waals surface area contributed by atoms with Gasteiger partial charge in [-0.05, 0) is 38.1 Å². The second-order valence-electron chi connectivity index (χ2n) is 5.22. The average molecular weight is 283 g/mol. The predicted molar refractivity (Wildman–Crippen MR) is 81.1 cm³/mol. The lowest BCUT2D eigenvalue weighted by molar-refractivity contribution is -0.00521. The van der Waals surface area contributed by atoms with Gasteiger partial charge in [0.05, 0.1) is 12.2 Å². The van der Waals surface area contributed by atoms with E-state index in [-0.39, 0.29) is 12.2 Å². The van der Waals surface area contributed by atoms with Crippen LogP contribution in [-0.2, 0) is 11.3 Å². The molecule has 4 heteroatoms. The Hall–Kier alpha value is -0.770. The van der Waals surface area contributed by atoms with Crippen molar-refractivity contribution in [1.82, 2.24) is 5.32 Å². The number of anilines is 1. The van der Waals surface area contributed by atoms with Crippen molar-refractivity contribution in [1.29, 1.82) is 0 Å². The van der Waals surface area contributed by atoms with Crippen molar-refractivity contribution in [3.63, 3.8) is 0 Å². The van der Waals surface area contributed by atoms with E-state index in [0.717, 1.165) is 36.8 Å². The molecule has 19 heavy (non-hydrogen) atoms. The van der Waals surface area contributed by atoms with E-state index in [1.54, 1.807) is 0 Å². The number of hydrogen-bond acceptors (Lipinski definition) is 3. The van der Waals surface area contributed by atoms with Gasteiger partial charge in [-0.3, -0.25) is 0 Å². The molecule has 2 rings (SSSR count). The second kappa shape index (κ2) is 6.60. The minimum absolute atomic E-state index is 0.268. The van der Waals surface area contributed by atoms with Crippen LogP contribution in [0.4, 0.5) is 5.69 Å². The van der Waals surface area contributed by atoms with E-state index >= 15 is 0 Å². The highest BCUT2D eigenvalue weighted by Gasteiger charge is 2.22. The van der Waals surface area contributed by atoms with E-state index in [2.05, 4.69) is 49.2 Å². The van der Waals surface area contributed by atoms with Gasteiger partial charge in [-0.25, -0.2) is 0 Å². The molecule has 0 spiro atoms. The van der Waals surface area contributed by atoms with Crippen LogP contribution < -0.4 is 10.2 Å². The summed E-state index contributed by atoms with van der Waals surface area (Å²) in [6, 6.07) is 6.34. The van der Waals surface area contributed by atoms with Crippen LogP contribution >= 0.6 is 11.6 Å². The fourth-order valence-corrected chi connectivity index (χ4v) is 2.77. The lowest BCUT2D eigenvalue weighted by atomic mass is 10.1. The molecule has 1 heterocycles. The lowest BCUT2D eigenvalue weighted by Crippen LogP contribution is -2.45. The van der Waals surface area contributed by atoms with Gasteiger partial charge in [0.15, 0.2) is 0 Å². The maximum Gasteiger partial charge on any atom is 0.0726 e. The standard InChI is InChI=1S/C15H23ClN2O/c1-4-17-8-13-5-6-14(7-15(13)16)18-9-11(2)19-12(3)10-18/h5-7,11-12,17H,4,8-10H2,1-3H3/t11-,12+. The molecular formula is C15H23ClN2O. The fourth-order valence-electron chi connectivity index (χ4n) is 2.52. The van der Waals surface area contributed by atoms with Gasteiger partial charge >= 0.3 is 0 Å². The summed E-state index contributed by atoms with van der Waals surface area (Å²) in [5.74, 6) is 0. The molecule has 0 aliphatic carbocycles. The van der Waals surface area contributed by atoms with E-state index in [1.807, 2.05) is 0 Å². The molecule has 0 amide bonds. The predicted octanol–water partition coefficient (Wildman–Crippen LogP) is 3.06. The van der Waals surface area contributed by atoms with Gasteiger partial charge in [-0.1, -0.05) is 24.6 Å². The summed E-state index contributed by atoms with van der Waals surface area (Å²) < 4.78 is 5.76. The minimum atomic E-state index is 0.268. The van der Waals surface area contributed by atoms with E-state index < -0.39 is 0 Å². The maximum atomic E-state index is 6.36. The summed E-state index contributed by atoms with van der Waals surface area (Å²) >= 11 is 6.36. The molecule has 0 radical (unpaired) electrons. The van der Waals surface area contributed by atoms with E-state index in [4.69, 9.17) is 16.3 Å². The molecule has 1 saturated heterocycles. The van der Waals surface area contributed by atoms with Crippen LogP contribution in [0.3, 0.4) is 0 Å². The largest absolute Gasteiger partial charge is 0.372 e. The molecule has 1 aromatic carbocycles. The summed E-state index contributed by atoms with van der Waals surface area (Å²) in [6.07, 6.45) is 0.535. The van der Waals surface area contributed by atoms with Gasteiger partial charge in [0.25, 0.3) is 0 Å². The molecule has 1 aromatic rings. The van der Waals surface area contributed by atoms with Gasteiger partial charge in [-0.15, -0.1) is 0 Å². The van der Waals surface area contributed by atoms with Crippen LogP contribution in [0.5, 0.6) is 0 Å². The zero-order chi connectivity index (χ0) is 13.8. The van der Waals surface area contributed by atoms with Crippen molar-refractivity contribution in [3.8, 4) is 0 Å². The number of halogens is 1.